The van der Waals surface area contributed by atoms with E-state index in [1.807, 2.05) is 48.8 Å². The molecule has 0 spiro atoms. The molecule has 3 amide bonds. The van der Waals surface area contributed by atoms with Crippen LogP contribution >= 0.6 is 0 Å². The van der Waals surface area contributed by atoms with Crippen LogP contribution in [0, 0.1) is 6.92 Å². The van der Waals surface area contributed by atoms with Crippen LogP contribution in [0.25, 0.3) is 10.9 Å². The predicted molar refractivity (Wildman–Crippen MR) is 156 cm³/mol. The van der Waals surface area contributed by atoms with Crippen molar-refractivity contribution in [1.29, 1.82) is 0 Å². The molecule has 12 heteroatoms. The van der Waals surface area contributed by atoms with Gasteiger partial charge in [-0.2, -0.15) is 10.1 Å². The van der Waals surface area contributed by atoms with Gasteiger partial charge in [0.2, 0.25) is 5.95 Å². The molecule has 40 heavy (non-hydrogen) atoms. The Balaban J connectivity index is 1.20. The first-order valence-electron chi connectivity index (χ1n) is 12.4. The maximum absolute atomic E-state index is 12.5. The Morgan fingerprint density at radius 1 is 0.975 bits per heavy atom. The van der Waals surface area contributed by atoms with E-state index in [2.05, 4.69) is 42.6 Å². The number of carbonyl (C=O) groups excluding carboxylic acids is 2. The smallest absolute Gasteiger partial charge is 0.337 e. The lowest BCUT2D eigenvalue weighted by molar-refractivity contribution is 0.0938. The molecule has 0 saturated heterocycles. The average Bonchev–Trinajstić information content (AvgIpc) is 3.25. The van der Waals surface area contributed by atoms with Crippen molar-refractivity contribution in [1.82, 2.24) is 30.6 Å². The average molecular weight is 537 g/mol. The van der Waals surface area contributed by atoms with Crippen molar-refractivity contribution in [2.24, 2.45) is 7.05 Å². The lowest BCUT2D eigenvalue weighted by Crippen LogP contribution is -2.44. The van der Waals surface area contributed by atoms with Gasteiger partial charge in [-0.3, -0.25) is 14.9 Å². The summed E-state index contributed by atoms with van der Waals surface area (Å²) in [5.74, 6) is 0.611. The summed E-state index contributed by atoms with van der Waals surface area (Å²) in [5.41, 5.74) is 15.3. The Hall–Kier alpha value is -5.65. The highest BCUT2D eigenvalue weighted by Crippen LogP contribution is 2.27. The van der Waals surface area contributed by atoms with Crippen molar-refractivity contribution in [2.75, 3.05) is 28.3 Å². The van der Waals surface area contributed by atoms with Gasteiger partial charge < -0.3 is 21.3 Å². The molecule has 0 fully saturated rings. The van der Waals surface area contributed by atoms with Gasteiger partial charge in [0.25, 0.3) is 5.91 Å². The maximum Gasteiger partial charge on any atom is 0.337 e. The van der Waals surface area contributed by atoms with Gasteiger partial charge in [-0.1, -0.05) is 12.1 Å². The van der Waals surface area contributed by atoms with E-state index in [1.54, 1.807) is 54.7 Å². The second-order valence-corrected chi connectivity index (χ2v) is 9.03. The number of anilines is 6. The first kappa shape index (κ1) is 26.0. The van der Waals surface area contributed by atoms with Crippen LogP contribution in [0.2, 0.25) is 0 Å². The molecule has 3 aromatic carbocycles. The van der Waals surface area contributed by atoms with E-state index in [0.29, 0.717) is 34.4 Å². The van der Waals surface area contributed by atoms with Gasteiger partial charge in [-0.25, -0.2) is 15.2 Å². The number of amides is 3. The third-order valence-electron chi connectivity index (χ3n) is 6.39. The fourth-order valence-corrected chi connectivity index (χ4v) is 4.04. The fourth-order valence-electron chi connectivity index (χ4n) is 4.04. The van der Waals surface area contributed by atoms with E-state index in [1.165, 1.54) is 0 Å². The number of aromatic nitrogens is 4. The summed E-state index contributed by atoms with van der Waals surface area (Å²) in [6.45, 7) is 2.04. The van der Waals surface area contributed by atoms with Crippen LogP contribution in [0.15, 0.2) is 79.0 Å². The summed E-state index contributed by atoms with van der Waals surface area (Å²) in [6.07, 6.45) is 1.67. The minimum atomic E-state index is -0.624. The zero-order valence-corrected chi connectivity index (χ0v) is 22.1. The molecule has 0 aliphatic carbocycles. The van der Waals surface area contributed by atoms with Crippen LogP contribution in [-0.4, -0.2) is 38.7 Å². The quantitative estimate of drug-likeness (QED) is 0.159. The number of nitrogens with zero attached hydrogens (tertiary/aromatic N) is 5. The van der Waals surface area contributed by atoms with Crippen molar-refractivity contribution in [3.05, 3.63) is 90.3 Å². The van der Waals surface area contributed by atoms with Crippen LogP contribution in [-0.2, 0) is 7.05 Å². The van der Waals surface area contributed by atoms with Gasteiger partial charge in [0.1, 0.15) is 5.82 Å². The van der Waals surface area contributed by atoms with Gasteiger partial charge in [-0.15, -0.1) is 0 Å². The number of nitrogen functional groups attached to an aromatic ring is 1. The number of benzene rings is 3. The number of nitrogens with two attached hydrogens (primary N) is 1. The first-order valence-corrected chi connectivity index (χ1v) is 12.4. The molecule has 0 saturated carbocycles. The molecule has 0 atom stereocenters. The molecule has 2 heterocycles. The second-order valence-electron chi connectivity index (χ2n) is 9.03. The van der Waals surface area contributed by atoms with Gasteiger partial charge in [0.15, 0.2) is 0 Å². The number of carbonyl (C=O) groups is 2. The molecule has 0 aliphatic rings. The van der Waals surface area contributed by atoms with Crippen molar-refractivity contribution >= 4 is 57.4 Å². The van der Waals surface area contributed by atoms with E-state index >= 15 is 0 Å². The van der Waals surface area contributed by atoms with E-state index < -0.39 is 11.9 Å². The first-order chi connectivity index (χ1) is 19.3. The zero-order valence-electron chi connectivity index (χ0n) is 22.1. The monoisotopic (exact) mass is 536 g/mol. The molecule has 6 N–H and O–H groups in total. The molecule has 12 nitrogen and oxygen atoms in total. The van der Waals surface area contributed by atoms with Gasteiger partial charge in [-0.05, 0) is 67.6 Å². The summed E-state index contributed by atoms with van der Waals surface area (Å²) in [4.78, 5) is 35.4. The number of para-hydroxylation sites is 2. The summed E-state index contributed by atoms with van der Waals surface area (Å²) in [6, 6.07) is 20.8. The summed E-state index contributed by atoms with van der Waals surface area (Å²) < 4.78 is 1.87. The van der Waals surface area contributed by atoms with Crippen LogP contribution in [0.4, 0.5) is 39.3 Å². The maximum atomic E-state index is 12.5. The van der Waals surface area contributed by atoms with Gasteiger partial charge in [0.05, 0.1) is 16.9 Å². The molecular weight excluding hydrogens is 508 g/mol. The minimum absolute atomic E-state index is 0.347. The number of aryl methyl sites for hydroxylation is 2. The Labute approximate surface area is 230 Å². The summed E-state index contributed by atoms with van der Waals surface area (Å²) in [7, 11) is 3.86. The SMILES string of the molecule is Cc1c2ccc(N(C)c3ccnc(Nc4ccc(C(=O)NNC(=O)Nc5ccccc5N)cc4)n3)cc2nn1C. The highest BCUT2D eigenvalue weighted by atomic mass is 16.2. The van der Waals surface area contributed by atoms with E-state index in [-0.39, 0.29) is 0 Å². The third-order valence-corrected chi connectivity index (χ3v) is 6.39. The Morgan fingerprint density at radius 2 is 1.75 bits per heavy atom. The van der Waals surface area contributed by atoms with Crippen LogP contribution < -0.4 is 32.1 Å². The number of nitrogens with one attached hydrogen (secondary N) is 4. The lowest BCUT2D eigenvalue weighted by Gasteiger charge is -2.19. The lowest BCUT2D eigenvalue weighted by atomic mass is 10.2. The van der Waals surface area contributed by atoms with Gasteiger partial charge in [0, 0.05) is 48.3 Å². The molecule has 5 aromatic rings. The Kier molecular flexibility index (Phi) is 7.14. The molecule has 0 unspecified atom stereocenters. The van der Waals surface area contributed by atoms with Crippen molar-refractivity contribution in [2.45, 2.75) is 6.92 Å². The standard InChI is InChI=1S/C28H28N10O2/c1-17-21-13-12-20(16-24(21)36-38(17)3)37(2)25-14-15-30-27(33-25)31-19-10-8-18(9-11-19)26(39)34-35-28(40)32-23-7-5-4-6-22(23)29/h4-16H,29H2,1-3H3,(H,34,39)(H,30,31,33)(H2,32,35,40). The largest absolute Gasteiger partial charge is 0.397 e. The molecular formula is C28H28N10O2. The molecule has 0 radical (unpaired) electrons. The number of hydrazine groups is 1. The molecule has 2 aromatic heterocycles. The fraction of sp³-hybridized carbons (Fsp3) is 0.107. The van der Waals surface area contributed by atoms with Crippen LogP contribution in [0.1, 0.15) is 16.1 Å². The predicted octanol–water partition coefficient (Wildman–Crippen LogP) is 4.23. The molecule has 5 rings (SSSR count). The number of rotatable bonds is 6. The Bertz CT molecular complexity index is 1700. The number of hydrogen-bond acceptors (Lipinski definition) is 8. The van der Waals surface area contributed by atoms with E-state index in [9.17, 15) is 9.59 Å². The minimum Gasteiger partial charge on any atom is -0.397 e. The second kappa shape index (κ2) is 11.0. The number of fused-ring (bicyclic) bond motifs is 1. The summed E-state index contributed by atoms with van der Waals surface area (Å²) in [5, 5.41) is 11.4. The van der Waals surface area contributed by atoms with E-state index in [4.69, 9.17) is 5.73 Å². The normalized spacial score (nSPS) is 10.7. The summed E-state index contributed by atoms with van der Waals surface area (Å²) >= 11 is 0. The van der Waals surface area contributed by atoms with Crippen molar-refractivity contribution < 1.29 is 9.59 Å². The van der Waals surface area contributed by atoms with Crippen LogP contribution in [0.5, 0.6) is 0 Å². The molecule has 0 bridgehead atoms. The van der Waals surface area contributed by atoms with Gasteiger partial charge >= 0.3 is 6.03 Å². The van der Waals surface area contributed by atoms with Crippen molar-refractivity contribution in [3.63, 3.8) is 0 Å². The Morgan fingerprint density at radius 3 is 2.52 bits per heavy atom. The number of urea groups is 1. The highest BCUT2D eigenvalue weighted by molar-refractivity contribution is 5.98. The van der Waals surface area contributed by atoms with E-state index in [0.717, 1.165) is 22.3 Å². The highest BCUT2D eigenvalue weighted by Gasteiger charge is 2.12. The van der Waals surface area contributed by atoms with Crippen LogP contribution in [0.3, 0.4) is 0 Å². The zero-order chi connectivity index (χ0) is 28.2. The molecule has 0 aliphatic heterocycles. The van der Waals surface area contributed by atoms with Crippen molar-refractivity contribution in [3.8, 4) is 0 Å². The topological polar surface area (TPSA) is 155 Å². The number of hydrogen-bond donors (Lipinski definition) is 5. The molecule has 202 valence electrons. The third kappa shape index (κ3) is 5.60.